The molecule has 51 heavy (non-hydrogen) atoms. The van der Waals surface area contributed by atoms with Crippen molar-refractivity contribution in [1.82, 2.24) is 9.97 Å². The smallest absolute Gasteiger partial charge is 0.160 e. The second-order valence-corrected chi connectivity index (χ2v) is 14.2. The van der Waals surface area contributed by atoms with Gasteiger partial charge in [-0.3, -0.25) is 0 Å². The van der Waals surface area contributed by atoms with Gasteiger partial charge in [0.15, 0.2) is 5.82 Å². The topological polar surface area (TPSA) is 25.8 Å². The zero-order chi connectivity index (χ0) is 34.1. The van der Waals surface area contributed by atoms with E-state index in [0.29, 0.717) is 0 Å². The molecule has 0 saturated heterocycles. The summed E-state index contributed by atoms with van der Waals surface area (Å²) < 4.78 is 0. The molecule has 0 aliphatic heterocycles. The van der Waals surface area contributed by atoms with Gasteiger partial charge < -0.3 is 0 Å². The molecule has 2 heteroatoms. The van der Waals surface area contributed by atoms with Gasteiger partial charge in [-0.2, -0.15) is 0 Å². The van der Waals surface area contributed by atoms with E-state index in [-0.39, 0.29) is 5.41 Å². The molecule has 0 amide bonds. The summed E-state index contributed by atoms with van der Waals surface area (Å²) in [4.78, 5) is 10.5. The van der Waals surface area contributed by atoms with E-state index in [4.69, 9.17) is 9.97 Å². The van der Waals surface area contributed by atoms with Crippen LogP contribution in [0.15, 0.2) is 170 Å². The first-order chi connectivity index (χ1) is 25.0. The van der Waals surface area contributed by atoms with Crippen LogP contribution in [-0.2, 0) is 5.41 Å². The predicted molar refractivity (Wildman–Crippen MR) is 214 cm³/mol. The van der Waals surface area contributed by atoms with Gasteiger partial charge in [-0.05, 0) is 96.0 Å². The molecule has 1 aromatic heterocycles. The third-order valence-electron chi connectivity index (χ3n) is 10.8. The highest BCUT2D eigenvalue weighted by molar-refractivity contribution is 6.08. The van der Waals surface area contributed by atoms with Crippen LogP contribution in [0.25, 0.3) is 88.5 Å². The number of nitrogens with zero attached hydrogens (tertiary/aromatic N) is 2. The lowest BCUT2D eigenvalue weighted by Crippen LogP contribution is -2.14. The zero-order valence-corrected chi connectivity index (χ0v) is 28.6. The molecule has 8 aromatic carbocycles. The Kier molecular flexibility index (Phi) is 6.56. The van der Waals surface area contributed by atoms with Gasteiger partial charge in [0.2, 0.25) is 0 Å². The average Bonchev–Trinajstić information content (AvgIpc) is 3.42. The first-order valence-electron chi connectivity index (χ1n) is 17.7. The molecule has 0 bridgehead atoms. The molecular formula is C49H34N2. The minimum Gasteiger partial charge on any atom is -0.228 e. The van der Waals surface area contributed by atoms with E-state index in [2.05, 4.69) is 178 Å². The number of rotatable bonds is 4. The standard InChI is InChI=1S/C49H34N2/c1-49(2)43-21-11-20-40(47(43)42-28-35-15-6-7-16-36(35)29-44(42)49)46-30-45(50-48(51-46)33-13-4-3-5-14-33)38-18-10-17-34(26-38)37-25-24-32-23-22-31-12-8-9-19-39(31)41(32)27-37/h3-30H,1-2H3. The van der Waals surface area contributed by atoms with Gasteiger partial charge in [0.25, 0.3) is 0 Å². The van der Waals surface area contributed by atoms with Crippen molar-refractivity contribution >= 4 is 32.3 Å². The van der Waals surface area contributed by atoms with Gasteiger partial charge in [-0.25, -0.2) is 9.97 Å². The molecule has 1 heterocycles. The first-order valence-corrected chi connectivity index (χ1v) is 17.7. The summed E-state index contributed by atoms with van der Waals surface area (Å²) in [7, 11) is 0. The second-order valence-electron chi connectivity index (χ2n) is 14.2. The summed E-state index contributed by atoms with van der Waals surface area (Å²) in [5.74, 6) is 0.722. The number of fused-ring (bicyclic) bond motifs is 7. The molecule has 0 unspecified atom stereocenters. The van der Waals surface area contributed by atoms with Crippen LogP contribution in [0.5, 0.6) is 0 Å². The highest BCUT2D eigenvalue weighted by atomic mass is 14.9. The summed E-state index contributed by atoms with van der Waals surface area (Å²) in [6, 6.07) is 61.3. The van der Waals surface area contributed by atoms with E-state index in [1.54, 1.807) is 0 Å². The van der Waals surface area contributed by atoms with Gasteiger partial charge in [-0.15, -0.1) is 0 Å². The van der Waals surface area contributed by atoms with Crippen molar-refractivity contribution in [1.29, 1.82) is 0 Å². The number of benzene rings is 8. The molecule has 0 saturated carbocycles. The lowest BCUT2D eigenvalue weighted by atomic mass is 9.81. The maximum atomic E-state index is 5.29. The average molecular weight is 651 g/mol. The van der Waals surface area contributed by atoms with E-state index in [1.165, 1.54) is 60.1 Å². The Morgan fingerprint density at radius 2 is 1.00 bits per heavy atom. The van der Waals surface area contributed by atoms with Crippen molar-refractivity contribution < 1.29 is 0 Å². The van der Waals surface area contributed by atoms with E-state index < -0.39 is 0 Å². The number of hydrogen-bond acceptors (Lipinski definition) is 2. The van der Waals surface area contributed by atoms with Crippen LogP contribution >= 0.6 is 0 Å². The molecule has 2 nitrogen and oxygen atoms in total. The minimum absolute atomic E-state index is 0.137. The lowest BCUT2D eigenvalue weighted by molar-refractivity contribution is 0.661. The van der Waals surface area contributed by atoms with Gasteiger partial charge >= 0.3 is 0 Å². The summed E-state index contributed by atoms with van der Waals surface area (Å²) >= 11 is 0. The Bertz CT molecular complexity index is 2830. The van der Waals surface area contributed by atoms with Crippen LogP contribution in [0.4, 0.5) is 0 Å². The van der Waals surface area contributed by atoms with Gasteiger partial charge in [0.05, 0.1) is 11.4 Å². The van der Waals surface area contributed by atoms with Gasteiger partial charge in [-0.1, -0.05) is 153 Å². The Hall–Kier alpha value is -6.38. The fourth-order valence-corrected chi connectivity index (χ4v) is 8.18. The molecule has 0 radical (unpaired) electrons. The summed E-state index contributed by atoms with van der Waals surface area (Å²) in [5.41, 5.74) is 12.5. The molecule has 0 atom stereocenters. The lowest BCUT2D eigenvalue weighted by Gasteiger charge is -2.22. The number of aromatic nitrogens is 2. The minimum atomic E-state index is -0.137. The highest BCUT2D eigenvalue weighted by Gasteiger charge is 2.37. The van der Waals surface area contributed by atoms with Crippen LogP contribution in [-0.4, -0.2) is 9.97 Å². The van der Waals surface area contributed by atoms with Crippen LogP contribution in [0.2, 0.25) is 0 Å². The largest absolute Gasteiger partial charge is 0.228 e. The molecular weight excluding hydrogens is 617 g/mol. The molecule has 0 N–H and O–H groups in total. The van der Waals surface area contributed by atoms with Crippen LogP contribution < -0.4 is 0 Å². The van der Waals surface area contributed by atoms with Crippen molar-refractivity contribution in [2.75, 3.05) is 0 Å². The monoisotopic (exact) mass is 650 g/mol. The second kappa shape index (κ2) is 11.3. The first kappa shape index (κ1) is 29.5. The molecule has 0 fully saturated rings. The zero-order valence-electron chi connectivity index (χ0n) is 28.6. The van der Waals surface area contributed by atoms with Crippen molar-refractivity contribution in [3.8, 4) is 56.2 Å². The van der Waals surface area contributed by atoms with Crippen LogP contribution in [0.1, 0.15) is 25.0 Å². The Morgan fingerprint density at radius 1 is 0.373 bits per heavy atom. The van der Waals surface area contributed by atoms with Crippen molar-refractivity contribution in [2.24, 2.45) is 0 Å². The number of hydrogen-bond donors (Lipinski definition) is 0. The quantitative estimate of drug-likeness (QED) is 0.177. The third-order valence-corrected chi connectivity index (χ3v) is 10.8. The summed E-state index contributed by atoms with van der Waals surface area (Å²) in [6.07, 6.45) is 0. The van der Waals surface area contributed by atoms with Gasteiger partial charge in [0.1, 0.15) is 0 Å². The fraction of sp³-hybridized carbons (Fsp3) is 0.0612. The normalized spacial score (nSPS) is 13.1. The Labute approximate surface area is 297 Å². The maximum absolute atomic E-state index is 5.29. The summed E-state index contributed by atoms with van der Waals surface area (Å²) in [5, 5.41) is 7.56. The SMILES string of the molecule is CC1(C)c2cc3ccccc3cc2-c2c(-c3cc(-c4cccc(-c5ccc6ccc7ccccc7c6c5)c4)nc(-c4ccccc4)n3)cccc21. The molecule has 9 aromatic rings. The molecule has 10 rings (SSSR count). The maximum Gasteiger partial charge on any atom is 0.160 e. The highest BCUT2D eigenvalue weighted by Crippen LogP contribution is 2.53. The van der Waals surface area contributed by atoms with Crippen LogP contribution in [0.3, 0.4) is 0 Å². The van der Waals surface area contributed by atoms with Crippen molar-refractivity contribution in [3.05, 3.63) is 181 Å². The van der Waals surface area contributed by atoms with Gasteiger partial charge in [0, 0.05) is 22.1 Å². The van der Waals surface area contributed by atoms with E-state index in [0.717, 1.165) is 39.5 Å². The molecule has 0 spiro atoms. The van der Waals surface area contributed by atoms with Crippen molar-refractivity contribution in [3.63, 3.8) is 0 Å². The third kappa shape index (κ3) is 4.79. The van der Waals surface area contributed by atoms with Crippen LogP contribution in [0, 0.1) is 0 Å². The molecule has 1 aliphatic carbocycles. The predicted octanol–water partition coefficient (Wildman–Crippen LogP) is 12.9. The molecule has 240 valence electrons. The fourth-order valence-electron chi connectivity index (χ4n) is 8.18. The van der Waals surface area contributed by atoms with E-state index >= 15 is 0 Å². The van der Waals surface area contributed by atoms with Crippen molar-refractivity contribution in [2.45, 2.75) is 19.3 Å². The molecule has 1 aliphatic rings. The van der Waals surface area contributed by atoms with E-state index in [1.807, 2.05) is 6.07 Å². The Morgan fingerprint density at radius 3 is 1.84 bits per heavy atom. The Balaban J connectivity index is 1.16. The summed E-state index contributed by atoms with van der Waals surface area (Å²) in [6.45, 7) is 4.69. The van der Waals surface area contributed by atoms with E-state index in [9.17, 15) is 0 Å².